The Morgan fingerprint density at radius 3 is 3.17 bits per heavy atom. The lowest BCUT2D eigenvalue weighted by Crippen LogP contribution is -2.19. The van der Waals surface area contributed by atoms with Gasteiger partial charge in [-0.15, -0.1) is 0 Å². The lowest BCUT2D eigenvalue weighted by molar-refractivity contribution is 0.102. The molecule has 1 aliphatic carbocycles. The molecule has 1 aliphatic rings. The number of aromatic amines is 1. The van der Waals surface area contributed by atoms with Gasteiger partial charge in [-0.1, -0.05) is 6.07 Å². The molecule has 0 radical (unpaired) electrons. The summed E-state index contributed by atoms with van der Waals surface area (Å²) < 4.78 is 0. The Morgan fingerprint density at radius 1 is 1.35 bits per heavy atom. The third-order valence-electron chi connectivity index (χ3n) is 4.37. The number of hydrogen-bond donors (Lipinski definition) is 3. The van der Waals surface area contributed by atoms with Crippen LogP contribution in [0.4, 0.5) is 5.69 Å². The zero-order valence-electron chi connectivity index (χ0n) is 12.5. The standard InChI is InChI=1S/C17H17N5O/c18-14-3-1-2-10-8-11(4-5-12(10)14)17(23)21-15-6-7-19-16-13(15)9-20-22-16/h4-9,14H,1-3,18H2,(H2,19,20,21,22,23)/t14-/m0/s1. The van der Waals surface area contributed by atoms with Crippen molar-refractivity contribution in [1.29, 1.82) is 0 Å². The van der Waals surface area contributed by atoms with Gasteiger partial charge in [0.2, 0.25) is 0 Å². The van der Waals surface area contributed by atoms with Crippen molar-refractivity contribution in [2.24, 2.45) is 5.73 Å². The summed E-state index contributed by atoms with van der Waals surface area (Å²) in [5.41, 5.74) is 10.5. The van der Waals surface area contributed by atoms with Crippen molar-refractivity contribution in [3.05, 3.63) is 53.3 Å². The third-order valence-corrected chi connectivity index (χ3v) is 4.37. The minimum Gasteiger partial charge on any atom is -0.324 e. The van der Waals surface area contributed by atoms with Crippen molar-refractivity contribution >= 4 is 22.6 Å². The number of amides is 1. The average molecular weight is 307 g/mol. The topological polar surface area (TPSA) is 96.7 Å². The van der Waals surface area contributed by atoms with Crippen molar-refractivity contribution in [1.82, 2.24) is 15.2 Å². The molecule has 4 N–H and O–H groups in total. The van der Waals surface area contributed by atoms with E-state index in [0.29, 0.717) is 16.9 Å². The fraction of sp³-hybridized carbons (Fsp3) is 0.235. The second-order valence-electron chi connectivity index (χ2n) is 5.86. The number of benzene rings is 1. The summed E-state index contributed by atoms with van der Waals surface area (Å²) in [6, 6.07) is 7.63. The smallest absolute Gasteiger partial charge is 0.255 e. The van der Waals surface area contributed by atoms with Crippen LogP contribution in [0, 0.1) is 0 Å². The van der Waals surface area contributed by atoms with E-state index in [9.17, 15) is 4.79 Å². The molecule has 2 heterocycles. The molecule has 0 saturated heterocycles. The number of anilines is 1. The monoisotopic (exact) mass is 307 g/mol. The number of rotatable bonds is 2. The number of carbonyl (C=O) groups is 1. The van der Waals surface area contributed by atoms with Crippen molar-refractivity contribution in [2.45, 2.75) is 25.3 Å². The number of pyridine rings is 1. The van der Waals surface area contributed by atoms with Crippen LogP contribution in [0.25, 0.3) is 11.0 Å². The maximum Gasteiger partial charge on any atom is 0.255 e. The highest BCUT2D eigenvalue weighted by atomic mass is 16.1. The van der Waals surface area contributed by atoms with E-state index in [2.05, 4.69) is 20.5 Å². The third kappa shape index (κ3) is 2.47. The Hall–Kier alpha value is -2.73. The zero-order chi connectivity index (χ0) is 15.8. The Bertz CT molecular complexity index is 886. The molecule has 1 atom stereocenters. The first-order chi connectivity index (χ1) is 11.2. The van der Waals surface area contributed by atoms with Crippen molar-refractivity contribution in [3.8, 4) is 0 Å². The molecule has 23 heavy (non-hydrogen) atoms. The maximum absolute atomic E-state index is 12.6. The Morgan fingerprint density at radius 2 is 2.26 bits per heavy atom. The van der Waals surface area contributed by atoms with Crippen molar-refractivity contribution in [2.75, 3.05) is 5.32 Å². The average Bonchev–Trinajstić information content (AvgIpc) is 3.04. The van der Waals surface area contributed by atoms with Gasteiger partial charge < -0.3 is 11.1 Å². The number of nitrogens with zero attached hydrogens (tertiary/aromatic N) is 2. The summed E-state index contributed by atoms with van der Waals surface area (Å²) in [4.78, 5) is 16.7. The van der Waals surface area contributed by atoms with Gasteiger partial charge in [-0.25, -0.2) is 4.98 Å². The minimum atomic E-state index is -0.138. The highest BCUT2D eigenvalue weighted by Crippen LogP contribution is 2.29. The first-order valence-corrected chi connectivity index (χ1v) is 7.70. The first-order valence-electron chi connectivity index (χ1n) is 7.70. The molecule has 0 bridgehead atoms. The predicted molar refractivity (Wildman–Crippen MR) is 88.2 cm³/mol. The summed E-state index contributed by atoms with van der Waals surface area (Å²) in [5.74, 6) is -0.138. The van der Waals surface area contributed by atoms with Gasteiger partial charge in [0.1, 0.15) is 0 Å². The van der Waals surface area contributed by atoms with E-state index >= 15 is 0 Å². The summed E-state index contributed by atoms with van der Waals surface area (Å²) in [5, 5.41) is 10.5. The number of carbonyl (C=O) groups excluding carboxylic acids is 1. The number of nitrogens with two attached hydrogens (primary N) is 1. The fourth-order valence-corrected chi connectivity index (χ4v) is 3.15. The van der Waals surface area contributed by atoms with Crippen LogP contribution in [0.15, 0.2) is 36.7 Å². The van der Waals surface area contributed by atoms with Crippen LogP contribution in [0.5, 0.6) is 0 Å². The number of aryl methyl sites for hydroxylation is 1. The summed E-state index contributed by atoms with van der Waals surface area (Å²) >= 11 is 0. The molecule has 1 aromatic carbocycles. The van der Waals surface area contributed by atoms with Gasteiger partial charge in [-0.05, 0) is 48.6 Å². The molecular formula is C17H17N5O. The van der Waals surface area contributed by atoms with E-state index in [0.717, 1.165) is 30.2 Å². The maximum atomic E-state index is 12.6. The molecule has 116 valence electrons. The molecule has 2 aromatic heterocycles. The van der Waals surface area contributed by atoms with Crippen LogP contribution >= 0.6 is 0 Å². The van der Waals surface area contributed by atoms with Gasteiger partial charge in [0, 0.05) is 17.8 Å². The molecule has 0 fully saturated rings. The van der Waals surface area contributed by atoms with Gasteiger partial charge in [-0.2, -0.15) is 5.10 Å². The van der Waals surface area contributed by atoms with Gasteiger partial charge in [0.15, 0.2) is 5.65 Å². The quantitative estimate of drug-likeness (QED) is 0.678. The van der Waals surface area contributed by atoms with Crippen molar-refractivity contribution in [3.63, 3.8) is 0 Å². The molecular weight excluding hydrogens is 290 g/mol. The van der Waals surface area contributed by atoms with Gasteiger partial charge >= 0.3 is 0 Å². The largest absolute Gasteiger partial charge is 0.324 e. The number of nitrogens with one attached hydrogen (secondary N) is 2. The summed E-state index contributed by atoms with van der Waals surface area (Å²) in [6.07, 6.45) is 6.35. The normalized spacial score (nSPS) is 17.0. The Labute approximate surface area is 133 Å². The Balaban J connectivity index is 1.63. The number of H-pyrrole nitrogens is 1. The highest BCUT2D eigenvalue weighted by Gasteiger charge is 2.18. The molecule has 4 rings (SSSR count). The Kier molecular flexibility index (Phi) is 3.31. The van der Waals surface area contributed by atoms with Gasteiger partial charge in [-0.3, -0.25) is 9.89 Å². The minimum absolute atomic E-state index is 0.0848. The summed E-state index contributed by atoms with van der Waals surface area (Å²) in [6.45, 7) is 0. The first kappa shape index (κ1) is 13.9. The molecule has 0 aliphatic heterocycles. The van der Waals surface area contributed by atoms with Crippen LogP contribution in [-0.4, -0.2) is 21.1 Å². The second-order valence-corrected chi connectivity index (χ2v) is 5.86. The second kappa shape index (κ2) is 5.48. The highest BCUT2D eigenvalue weighted by molar-refractivity contribution is 6.08. The van der Waals surface area contributed by atoms with E-state index in [1.807, 2.05) is 18.2 Å². The van der Waals surface area contributed by atoms with Crippen LogP contribution < -0.4 is 11.1 Å². The van der Waals surface area contributed by atoms with Crippen LogP contribution in [0.3, 0.4) is 0 Å². The van der Waals surface area contributed by atoms with E-state index < -0.39 is 0 Å². The van der Waals surface area contributed by atoms with E-state index in [1.54, 1.807) is 18.5 Å². The molecule has 3 aromatic rings. The predicted octanol–water partition coefficient (Wildman–Crippen LogP) is 2.55. The van der Waals surface area contributed by atoms with Gasteiger partial charge in [0.25, 0.3) is 5.91 Å². The molecule has 0 saturated carbocycles. The summed E-state index contributed by atoms with van der Waals surface area (Å²) in [7, 11) is 0. The molecule has 1 amide bonds. The van der Waals surface area contributed by atoms with Crippen LogP contribution in [0.2, 0.25) is 0 Å². The number of hydrogen-bond acceptors (Lipinski definition) is 4. The SMILES string of the molecule is N[C@H]1CCCc2cc(C(=O)Nc3ccnc4[nH]ncc34)ccc21. The van der Waals surface area contributed by atoms with E-state index in [4.69, 9.17) is 5.73 Å². The lowest BCUT2D eigenvalue weighted by Gasteiger charge is -2.22. The fourth-order valence-electron chi connectivity index (χ4n) is 3.15. The van der Waals surface area contributed by atoms with E-state index in [1.165, 1.54) is 5.56 Å². The lowest BCUT2D eigenvalue weighted by atomic mass is 9.87. The van der Waals surface area contributed by atoms with Crippen molar-refractivity contribution < 1.29 is 4.79 Å². The van der Waals surface area contributed by atoms with Gasteiger partial charge in [0.05, 0.1) is 17.3 Å². The van der Waals surface area contributed by atoms with Crippen LogP contribution in [-0.2, 0) is 6.42 Å². The number of fused-ring (bicyclic) bond motifs is 2. The molecule has 0 unspecified atom stereocenters. The van der Waals surface area contributed by atoms with E-state index in [-0.39, 0.29) is 11.9 Å². The number of aromatic nitrogens is 3. The van der Waals surface area contributed by atoms with Crippen LogP contribution in [0.1, 0.15) is 40.4 Å². The molecule has 6 nitrogen and oxygen atoms in total. The molecule has 0 spiro atoms. The molecule has 6 heteroatoms. The zero-order valence-corrected chi connectivity index (χ0v) is 12.5.